The van der Waals surface area contributed by atoms with Gasteiger partial charge in [-0.3, -0.25) is 14.5 Å². The lowest BCUT2D eigenvalue weighted by Gasteiger charge is -1.98. The monoisotopic (exact) mass is 215 g/mol. The number of carbonyl (C=O) groups excluding carboxylic acids is 1. The molecule has 0 fully saturated rings. The third kappa shape index (κ3) is 1.86. The number of aromatic nitrogens is 3. The van der Waals surface area contributed by atoms with Crippen LogP contribution in [0.2, 0.25) is 0 Å². The van der Waals surface area contributed by atoms with Gasteiger partial charge in [-0.25, -0.2) is 0 Å². The molecule has 2 aromatic rings. The Bertz CT molecular complexity index is 502. The number of nitrogens with zero attached hydrogens (tertiary/aromatic N) is 3. The van der Waals surface area contributed by atoms with E-state index in [1.165, 1.54) is 0 Å². The first-order chi connectivity index (χ1) is 7.72. The van der Waals surface area contributed by atoms with Crippen molar-refractivity contribution in [3.63, 3.8) is 0 Å². The SMILES string of the molecule is CCc1nn(C)cc1C(=O)c1cccnc1. The van der Waals surface area contributed by atoms with Gasteiger partial charge >= 0.3 is 0 Å². The molecule has 0 aliphatic rings. The summed E-state index contributed by atoms with van der Waals surface area (Å²) >= 11 is 0. The molecule has 0 saturated heterocycles. The summed E-state index contributed by atoms with van der Waals surface area (Å²) in [5.74, 6) is -0.0157. The summed E-state index contributed by atoms with van der Waals surface area (Å²) in [5.41, 5.74) is 2.10. The predicted molar refractivity (Wildman–Crippen MR) is 60.3 cm³/mol. The van der Waals surface area contributed by atoms with Crippen LogP contribution >= 0.6 is 0 Å². The van der Waals surface area contributed by atoms with Gasteiger partial charge in [0.15, 0.2) is 5.78 Å². The van der Waals surface area contributed by atoms with Crippen molar-refractivity contribution in [2.45, 2.75) is 13.3 Å². The average molecular weight is 215 g/mol. The van der Waals surface area contributed by atoms with Crippen molar-refractivity contribution in [1.29, 1.82) is 0 Å². The van der Waals surface area contributed by atoms with Crippen molar-refractivity contribution in [1.82, 2.24) is 14.8 Å². The lowest BCUT2D eigenvalue weighted by atomic mass is 10.1. The first-order valence-corrected chi connectivity index (χ1v) is 5.19. The second-order valence-corrected chi connectivity index (χ2v) is 3.59. The lowest BCUT2D eigenvalue weighted by Crippen LogP contribution is -2.03. The first-order valence-electron chi connectivity index (χ1n) is 5.19. The summed E-state index contributed by atoms with van der Waals surface area (Å²) in [6.07, 6.45) is 5.74. The van der Waals surface area contributed by atoms with Crippen molar-refractivity contribution >= 4 is 5.78 Å². The Morgan fingerprint density at radius 1 is 1.50 bits per heavy atom. The number of aryl methyl sites for hydroxylation is 2. The summed E-state index contributed by atoms with van der Waals surface area (Å²) in [6.45, 7) is 1.99. The van der Waals surface area contributed by atoms with Crippen LogP contribution in [0, 0.1) is 0 Å². The maximum Gasteiger partial charge on any atom is 0.198 e. The van der Waals surface area contributed by atoms with E-state index < -0.39 is 0 Å². The smallest absolute Gasteiger partial charge is 0.198 e. The number of hydrogen-bond acceptors (Lipinski definition) is 3. The summed E-state index contributed by atoms with van der Waals surface area (Å²) < 4.78 is 1.67. The fourth-order valence-corrected chi connectivity index (χ4v) is 1.64. The van der Waals surface area contributed by atoms with E-state index >= 15 is 0 Å². The molecular formula is C12H13N3O. The molecule has 0 spiro atoms. The zero-order valence-corrected chi connectivity index (χ0v) is 9.34. The molecule has 0 radical (unpaired) electrons. The molecule has 0 N–H and O–H groups in total. The van der Waals surface area contributed by atoms with Crippen LogP contribution in [0.3, 0.4) is 0 Å². The molecule has 2 heterocycles. The van der Waals surface area contributed by atoms with Gasteiger partial charge in [0.2, 0.25) is 0 Å². The third-order valence-corrected chi connectivity index (χ3v) is 2.41. The molecule has 0 aliphatic carbocycles. The molecule has 2 rings (SSSR count). The molecule has 0 atom stereocenters. The van der Waals surface area contributed by atoms with Gasteiger partial charge in [-0.1, -0.05) is 6.92 Å². The normalized spacial score (nSPS) is 10.4. The molecule has 2 aromatic heterocycles. The highest BCUT2D eigenvalue weighted by Gasteiger charge is 2.15. The van der Waals surface area contributed by atoms with Gasteiger partial charge in [-0.15, -0.1) is 0 Å². The van der Waals surface area contributed by atoms with E-state index in [1.807, 2.05) is 14.0 Å². The molecule has 0 saturated carbocycles. The van der Waals surface area contributed by atoms with Gasteiger partial charge in [-0.05, 0) is 18.6 Å². The molecular weight excluding hydrogens is 202 g/mol. The highest BCUT2D eigenvalue weighted by Crippen LogP contribution is 2.12. The van der Waals surface area contributed by atoms with E-state index in [1.54, 1.807) is 35.4 Å². The van der Waals surface area contributed by atoms with Gasteiger partial charge in [-0.2, -0.15) is 5.10 Å². The Balaban J connectivity index is 2.41. The third-order valence-electron chi connectivity index (χ3n) is 2.41. The molecule has 4 nitrogen and oxygen atoms in total. The van der Waals surface area contributed by atoms with Gasteiger partial charge in [0.1, 0.15) is 0 Å². The van der Waals surface area contributed by atoms with Crippen molar-refractivity contribution in [3.05, 3.63) is 47.5 Å². The Kier molecular flexibility index (Phi) is 2.81. The van der Waals surface area contributed by atoms with Crippen molar-refractivity contribution in [2.24, 2.45) is 7.05 Å². The van der Waals surface area contributed by atoms with Crippen molar-refractivity contribution in [3.8, 4) is 0 Å². The van der Waals surface area contributed by atoms with E-state index in [4.69, 9.17) is 0 Å². The minimum atomic E-state index is -0.0157. The number of hydrogen-bond donors (Lipinski definition) is 0. The number of pyridine rings is 1. The Morgan fingerprint density at radius 2 is 2.31 bits per heavy atom. The maximum atomic E-state index is 12.1. The second kappa shape index (κ2) is 4.26. The van der Waals surface area contributed by atoms with Crippen LogP contribution in [-0.4, -0.2) is 20.5 Å². The lowest BCUT2D eigenvalue weighted by molar-refractivity contribution is 0.103. The summed E-state index contributed by atoms with van der Waals surface area (Å²) in [5, 5.41) is 4.25. The summed E-state index contributed by atoms with van der Waals surface area (Å²) in [6, 6.07) is 3.52. The highest BCUT2D eigenvalue weighted by molar-refractivity contribution is 6.09. The summed E-state index contributed by atoms with van der Waals surface area (Å²) in [7, 11) is 1.82. The largest absolute Gasteiger partial charge is 0.288 e. The van der Waals surface area contributed by atoms with E-state index in [0.29, 0.717) is 11.1 Å². The topological polar surface area (TPSA) is 47.8 Å². The van der Waals surface area contributed by atoms with Crippen LogP contribution in [0.1, 0.15) is 28.5 Å². The van der Waals surface area contributed by atoms with Gasteiger partial charge < -0.3 is 0 Å². The zero-order chi connectivity index (χ0) is 11.5. The minimum absolute atomic E-state index is 0.0157. The van der Waals surface area contributed by atoms with Crippen LogP contribution in [0.25, 0.3) is 0 Å². The molecule has 0 aromatic carbocycles. The standard InChI is InChI=1S/C12H13N3O/c1-3-11-10(8-15(2)14-11)12(16)9-5-4-6-13-7-9/h4-8H,3H2,1-2H3. The average Bonchev–Trinajstić information content (AvgIpc) is 2.70. The fraction of sp³-hybridized carbons (Fsp3) is 0.250. The minimum Gasteiger partial charge on any atom is -0.288 e. The Hall–Kier alpha value is -1.97. The number of carbonyl (C=O) groups is 1. The molecule has 0 bridgehead atoms. The van der Waals surface area contributed by atoms with Gasteiger partial charge in [0.25, 0.3) is 0 Å². The Labute approximate surface area is 93.9 Å². The number of ketones is 1. The van der Waals surface area contributed by atoms with Crippen LogP contribution in [-0.2, 0) is 13.5 Å². The highest BCUT2D eigenvalue weighted by atomic mass is 16.1. The molecule has 16 heavy (non-hydrogen) atoms. The zero-order valence-electron chi connectivity index (χ0n) is 9.34. The van der Waals surface area contributed by atoms with Crippen LogP contribution in [0.4, 0.5) is 0 Å². The second-order valence-electron chi connectivity index (χ2n) is 3.59. The van der Waals surface area contributed by atoms with E-state index in [9.17, 15) is 4.79 Å². The van der Waals surface area contributed by atoms with E-state index in [2.05, 4.69) is 10.1 Å². The Morgan fingerprint density at radius 3 is 2.94 bits per heavy atom. The predicted octanol–water partition coefficient (Wildman–Crippen LogP) is 1.61. The van der Waals surface area contributed by atoms with Crippen LogP contribution in [0.5, 0.6) is 0 Å². The quantitative estimate of drug-likeness (QED) is 0.731. The van der Waals surface area contributed by atoms with Crippen LogP contribution < -0.4 is 0 Å². The molecule has 0 aliphatic heterocycles. The van der Waals surface area contributed by atoms with Crippen molar-refractivity contribution in [2.75, 3.05) is 0 Å². The van der Waals surface area contributed by atoms with Gasteiger partial charge in [0, 0.05) is 31.2 Å². The van der Waals surface area contributed by atoms with Crippen molar-refractivity contribution < 1.29 is 4.79 Å². The summed E-state index contributed by atoms with van der Waals surface area (Å²) in [4.78, 5) is 16.1. The van der Waals surface area contributed by atoms with Gasteiger partial charge in [0.05, 0.1) is 11.3 Å². The molecule has 4 heteroatoms. The van der Waals surface area contributed by atoms with E-state index in [0.717, 1.165) is 12.1 Å². The fourth-order valence-electron chi connectivity index (χ4n) is 1.64. The first kappa shape index (κ1) is 10.5. The van der Waals surface area contributed by atoms with E-state index in [-0.39, 0.29) is 5.78 Å². The number of rotatable bonds is 3. The maximum absolute atomic E-state index is 12.1. The molecule has 82 valence electrons. The van der Waals surface area contributed by atoms with Crippen LogP contribution in [0.15, 0.2) is 30.7 Å². The molecule has 0 unspecified atom stereocenters. The molecule has 0 amide bonds.